The molecule has 0 aliphatic carbocycles. The Morgan fingerprint density at radius 3 is 2.72 bits per heavy atom. The van der Waals surface area contributed by atoms with Gasteiger partial charge in [-0.05, 0) is 18.6 Å². The van der Waals surface area contributed by atoms with E-state index in [0.717, 1.165) is 6.42 Å². The van der Waals surface area contributed by atoms with Gasteiger partial charge in [0.15, 0.2) is 5.69 Å². The summed E-state index contributed by atoms with van der Waals surface area (Å²) in [6.45, 7) is 2.83. The molecule has 0 aliphatic heterocycles. The first kappa shape index (κ1) is 12.2. The lowest BCUT2D eigenvalue weighted by molar-refractivity contribution is 0.256. The first-order chi connectivity index (χ1) is 8.81. The van der Waals surface area contributed by atoms with Gasteiger partial charge >= 0.3 is 0 Å². The molecule has 2 aromatic rings. The SMILES string of the molecule is CCCOc1ncnc(OCc2ccco2)c1N. The Labute approximate surface area is 105 Å². The van der Waals surface area contributed by atoms with Gasteiger partial charge in [-0.1, -0.05) is 6.92 Å². The van der Waals surface area contributed by atoms with E-state index in [9.17, 15) is 0 Å². The minimum Gasteiger partial charge on any atom is -0.476 e. The third-order valence-electron chi connectivity index (χ3n) is 2.18. The van der Waals surface area contributed by atoms with E-state index >= 15 is 0 Å². The van der Waals surface area contributed by atoms with E-state index in [0.29, 0.717) is 29.8 Å². The topological polar surface area (TPSA) is 83.4 Å². The van der Waals surface area contributed by atoms with Crippen LogP contribution in [0.1, 0.15) is 19.1 Å². The molecule has 0 fully saturated rings. The highest BCUT2D eigenvalue weighted by molar-refractivity contribution is 5.55. The molecule has 0 saturated carbocycles. The number of rotatable bonds is 6. The Balaban J connectivity index is 2.03. The van der Waals surface area contributed by atoms with Crippen LogP contribution in [0.2, 0.25) is 0 Å². The van der Waals surface area contributed by atoms with Crippen molar-refractivity contribution < 1.29 is 13.9 Å². The first-order valence-corrected chi connectivity index (χ1v) is 5.69. The fourth-order valence-electron chi connectivity index (χ4n) is 1.33. The molecular formula is C12H15N3O3. The zero-order chi connectivity index (χ0) is 12.8. The van der Waals surface area contributed by atoms with Crippen molar-refractivity contribution in [3.63, 3.8) is 0 Å². The van der Waals surface area contributed by atoms with E-state index in [4.69, 9.17) is 19.6 Å². The van der Waals surface area contributed by atoms with Crippen LogP contribution in [-0.2, 0) is 6.61 Å². The van der Waals surface area contributed by atoms with Gasteiger partial charge < -0.3 is 19.6 Å². The highest BCUT2D eigenvalue weighted by Crippen LogP contribution is 2.27. The average molecular weight is 249 g/mol. The van der Waals surface area contributed by atoms with E-state index < -0.39 is 0 Å². The van der Waals surface area contributed by atoms with Crippen molar-refractivity contribution in [2.45, 2.75) is 20.0 Å². The maximum absolute atomic E-state index is 5.86. The molecule has 6 heteroatoms. The molecule has 0 aliphatic rings. The van der Waals surface area contributed by atoms with Crippen LogP contribution in [0, 0.1) is 0 Å². The summed E-state index contributed by atoms with van der Waals surface area (Å²) in [6, 6.07) is 3.60. The second-order valence-corrected chi connectivity index (χ2v) is 3.61. The molecule has 0 atom stereocenters. The maximum Gasteiger partial charge on any atom is 0.244 e. The lowest BCUT2D eigenvalue weighted by Gasteiger charge is -2.09. The van der Waals surface area contributed by atoms with Crippen LogP contribution in [0.5, 0.6) is 11.8 Å². The standard InChI is InChI=1S/C12H15N3O3/c1-2-5-17-11-10(13)12(15-8-14-11)18-7-9-4-3-6-16-9/h3-4,6,8H,2,5,7,13H2,1H3. The minimum atomic E-state index is 0.265. The summed E-state index contributed by atoms with van der Waals surface area (Å²) in [6.07, 6.45) is 3.82. The lowest BCUT2D eigenvalue weighted by Crippen LogP contribution is -2.05. The molecule has 2 aromatic heterocycles. The third kappa shape index (κ3) is 2.91. The first-order valence-electron chi connectivity index (χ1n) is 5.69. The molecule has 0 amide bonds. The van der Waals surface area contributed by atoms with E-state index in [1.807, 2.05) is 13.0 Å². The van der Waals surface area contributed by atoms with Gasteiger partial charge in [0, 0.05) is 0 Å². The summed E-state index contributed by atoms with van der Waals surface area (Å²) in [7, 11) is 0. The van der Waals surface area contributed by atoms with Gasteiger partial charge in [-0.15, -0.1) is 0 Å². The van der Waals surface area contributed by atoms with Gasteiger partial charge in [-0.25, -0.2) is 0 Å². The molecule has 0 radical (unpaired) electrons. The molecule has 0 saturated heterocycles. The zero-order valence-electron chi connectivity index (χ0n) is 10.1. The second kappa shape index (κ2) is 5.90. The Kier molecular flexibility index (Phi) is 4.01. The molecular weight excluding hydrogens is 234 g/mol. The highest BCUT2D eigenvalue weighted by Gasteiger charge is 2.10. The molecule has 0 bridgehead atoms. The number of nitrogens with two attached hydrogens (primary N) is 1. The predicted molar refractivity (Wildman–Crippen MR) is 65.3 cm³/mol. The van der Waals surface area contributed by atoms with Crippen molar-refractivity contribution in [1.82, 2.24) is 9.97 Å². The number of ether oxygens (including phenoxy) is 2. The van der Waals surface area contributed by atoms with Crippen molar-refractivity contribution in [3.05, 3.63) is 30.5 Å². The minimum absolute atomic E-state index is 0.265. The summed E-state index contributed by atoms with van der Waals surface area (Å²) < 4.78 is 16.0. The van der Waals surface area contributed by atoms with Gasteiger partial charge in [0.05, 0.1) is 12.9 Å². The van der Waals surface area contributed by atoms with E-state index in [1.165, 1.54) is 6.33 Å². The summed E-state index contributed by atoms with van der Waals surface area (Å²) in [4.78, 5) is 7.93. The number of anilines is 1. The second-order valence-electron chi connectivity index (χ2n) is 3.61. The molecule has 0 aromatic carbocycles. The van der Waals surface area contributed by atoms with Crippen molar-refractivity contribution in [3.8, 4) is 11.8 Å². The molecule has 96 valence electrons. The average Bonchev–Trinajstić information content (AvgIpc) is 2.89. The monoisotopic (exact) mass is 249 g/mol. The smallest absolute Gasteiger partial charge is 0.244 e. The summed E-state index contributed by atoms with van der Waals surface area (Å²) >= 11 is 0. The number of nitrogens with zero attached hydrogens (tertiary/aromatic N) is 2. The molecule has 0 unspecified atom stereocenters. The van der Waals surface area contributed by atoms with Gasteiger partial charge in [-0.2, -0.15) is 9.97 Å². The molecule has 2 rings (SSSR count). The van der Waals surface area contributed by atoms with Crippen LogP contribution in [0.25, 0.3) is 0 Å². The van der Waals surface area contributed by atoms with Crippen LogP contribution >= 0.6 is 0 Å². The molecule has 0 spiro atoms. The van der Waals surface area contributed by atoms with Gasteiger partial charge in [0.2, 0.25) is 11.8 Å². The third-order valence-corrected chi connectivity index (χ3v) is 2.18. The predicted octanol–water partition coefficient (Wildman–Crippen LogP) is 2.02. The van der Waals surface area contributed by atoms with Crippen molar-refractivity contribution in [1.29, 1.82) is 0 Å². The van der Waals surface area contributed by atoms with Gasteiger partial charge in [-0.3, -0.25) is 0 Å². The van der Waals surface area contributed by atoms with Crippen molar-refractivity contribution >= 4 is 5.69 Å². The zero-order valence-corrected chi connectivity index (χ0v) is 10.1. The van der Waals surface area contributed by atoms with E-state index in [-0.39, 0.29) is 6.61 Å². The van der Waals surface area contributed by atoms with Crippen LogP contribution in [0.3, 0.4) is 0 Å². The summed E-state index contributed by atoms with van der Waals surface area (Å²) in [5.74, 6) is 1.35. The Hall–Kier alpha value is -2.24. The largest absolute Gasteiger partial charge is 0.476 e. The van der Waals surface area contributed by atoms with Gasteiger partial charge in [0.1, 0.15) is 18.7 Å². The van der Waals surface area contributed by atoms with Crippen LogP contribution in [-0.4, -0.2) is 16.6 Å². The van der Waals surface area contributed by atoms with Crippen LogP contribution in [0.4, 0.5) is 5.69 Å². The number of aromatic nitrogens is 2. The summed E-state index contributed by atoms with van der Waals surface area (Å²) in [5.41, 5.74) is 6.16. The van der Waals surface area contributed by atoms with Crippen LogP contribution < -0.4 is 15.2 Å². The highest BCUT2D eigenvalue weighted by atomic mass is 16.5. The fraction of sp³-hybridized carbons (Fsp3) is 0.333. The Morgan fingerprint density at radius 1 is 1.28 bits per heavy atom. The Morgan fingerprint density at radius 2 is 2.06 bits per heavy atom. The summed E-state index contributed by atoms with van der Waals surface area (Å²) in [5, 5.41) is 0. The number of hydrogen-bond donors (Lipinski definition) is 1. The lowest BCUT2D eigenvalue weighted by atomic mass is 10.4. The fourth-order valence-corrected chi connectivity index (χ4v) is 1.33. The normalized spacial score (nSPS) is 10.3. The molecule has 18 heavy (non-hydrogen) atoms. The number of nitrogen functional groups attached to an aromatic ring is 1. The maximum atomic E-state index is 5.86. The van der Waals surface area contributed by atoms with Crippen molar-refractivity contribution in [2.24, 2.45) is 0 Å². The quantitative estimate of drug-likeness (QED) is 0.843. The number of hydrogen-bond acceptors (Lipinski definition) is 6. The molecule has 6 nitrogen and oxygen atoms in total. The Bertz CT molecular complexity index is 485. The van der Waals surface area contributed by atoms with Crippen LogP contribution in [0.15, 0.2) is 29.1 Å². The van der Waals surface area contributed by atoms with E-state index in [2.05, 4.69) is 9.97 Å². The van der Waals surface area contributed by atoms with E-state index in [1.54, 1.807) is 12.3 Å². The molecule has 2 heterocycles. The number of furan rings is 1. The molecule has 2 N–H and O–H groups in total. The van der Waals surface area contributed by atoms with Gasteiger partial charge in [0.25, 0.3) is 0 Å². The van der Waals surface area contributed by atoms with Crippen molar-refractivity contribution in [2.75, 3.05) is 12.3 Å².